The van der Waals surface area contributed by atoms with Gasteiger partial charge in [0.1, 0.15) is 46.0 Å². The Hall–Kier alpha value is -12.5. The summed E-state index contributed by atoms with van der Waals surface area (Å²) in [4.78, 5) is 109. The van der Waals surface area contributed by atoms with Gasteiger partial charge in [-0.15, -0.1) is 0 Å². The van der Waals surface area contributed by atoms with Gasteiger partial charge in [0.2, 0.25) is 53.1 Å². The fourth-order valence-corrected chi connectivity index (χ4v) is 18.0. The van der Waals surface area contributed by atoms with Crippen LogP contribution >= 0.6 is 0 Å². The maximum atomic E-state index is 13.8. The van der Waals surface area contributed by atoms with Gasteiger partial charge < -0.3 is 18.9 Å². The van der Waals surface area contributed by atoms with E-state index in [2.05, 4.69) is 0 Å². The van der Waals surface area contributed by atoms with Crippen molar-refractivity contribution in [2.45, 2.75) is 43.2 Å². The number of aryl methyl sites for hydroxylation is 2. The van der Waals surface area contributed by atoms with Crippen molar-refractivity contribution in [3.05, 3.63) is 276 Å². The predicted molar refractivity (Wildman–Crippen MR) is 378 cm³/mol. The zero-order valence-corrected chi connectivity index (χ0v) is 58.4. The quantitative estimate of drug-likeness (QED) is 0.0641. The van der Waals surface area contributed by atoms with E-state index in [1.54, 1.807) is 60.7 Å². The van der Waals surface area contributed by atoms with Crippen LogP contribution in [0.3, 0.4) is 0 Å². The molecule has 10 aromatic carbocycles. The van der Waals surface area contributed by atoms with E-state index in [1.807, 2.05) is 74.5 Å². The number of allylic oxidation sites excluding steroid dienone is 2. The van der Waals surface area contributed by atoms with E-state index in [-0.39, 0.29) is 80.6 Å². The fourth-order valence-electron chi connectivity index (χ4n) is 14.2. The zero-order valence-electron chi connectivity index (χ0n) is 55.9. The summed E-state index contributed by atoms with van der Waals surface area (Å²) in [7, 11) is -9.23. The first-order chi connectivity index (χ1) is 50.2. The maximum absolute atomic E-state index is 13.8. The number of benzene rings is 10. The van der Waals surface area contributed by atoms with Gasteiger partial charge in [-0.05, 0) is 207 Å². The number of rotatable bonds is 16. The predicted octanol–water partition coefficient (Wildman–Crippen LogP) is 12.8. The molecule has 6 unspecified atom stereocenters. The van der Waals surface area contributed by atoms with Gasteiger partial charge in [-0.1, -0.05) is 48.6 Å². The molecular weight excluding hydrogens is 1400 g/mol. The second kappa shape index (κ2) is 26.1. The van der Waals surface area contributed by atoms with Crippen LogP contribution in [0.1, 0.15) is 52.6 Å². The molecule has 1 saturated carbocycles. The van der Waals surface area contributed by atoms with Crippen molar-refractivity contribution in [2.24, 2.45) is 35.5 Å². The van der Waals surface area contributed by atoms with Crippen LogP contribution < -0.4 is 28.7 Å². The summed E-state index contributed by atoms with van der Waals surface area (Å²) in [6.07, 6.45) is 3.65. The van der Waals surface area contributed by atoms with E-state index in [4.69, 9.17) is 18.9 Å². The van der Waals surface area contributed by atoms with E-state index in [0.717, 1.165) is 42.9 Å². The number of hydrogen-bond donors (Lipinski definition) is 0. The number of carbonyl (C=O) groups is 8. The van der Waals surface area contributed by atoms with Crippen LogP contribution in [-0.4, -0.2) is 96.4 Å². The first-order valence-corrected chi connectivity index (χ1v) is 37.3. The highest BCUT2D eigenvalue weighted by Gasteiger charge is 2.68. The third kappa shape index (κ3) is 12.1. The summed E-state index contributed by atoms with van der Waals surface area (Å²) in [5, 5.41) is 0. The summed E-state index contributed by atoms with van der Waals surface area (Å²) in [6, 6.07) is 58.9. The van der Waals surface area contributed by atoms with Crippen molar-refractivity contribution in [1.29, 1.82) is 0 Å². The Morgan fingerprint density at radius 3 is 0.952 bits per heavy atom. The molecule has 22 nitrogen and oxygen atoms in total. The molecule has 7 aliphatic rings. The van der Waals surface area contributed by atoms with Crippen molar-refractivity contribution >= 4 is 88.1 Å². The monoisotopic (exact) mass is 1460 g/mol. The first-order valence-electron chi connectivity index (χ1n) is 32.8. The minimum Gasteiger partial charge on any atom is -0.457 e. The Kier molecular flexibility index (Phi) is 17.0. The number of imide groups is 4. The van der Waals surface area contributed by atoms with Gasteiger partial charge in [-0.2, -0.15) is 0 Å². The number of fused-ring (bicyclic) bond motifs is 2. The molecule has 25 heteroatoms. The summed E-state index contributed by atoms with van der Waals surface area (Å²) < 4.78 is 104. The molecule has 2 bridgehead atoms. The molecule has 524 valence electrons. The summed E-state index contributed by atoms with van der Waals surface area (Å²) in [5.41, 5.74) is 2.42. The molecule has 10 aromatic rings. The first kappa shape index (κ1) is 68.3. The van der Waals surface area contributed by atoms with Gasteiger partial charge in [0, 0.05) is 38.1 Å². The topological polar surface area (TPSA) is 289 Å². The van der Waals surface area contributed by atoms with Gasteiger partial charge in [0.15, 0.2) is 0 Å². The number of ether oxygens (including phenoxy) is 4. The number of amides is 8. The number of sulfone groups is 3. The average Bonchev–Trinajstić information content (AvgIpc) is 1.54. The minimum atomic E-state index is -4.27. The Bertz CT molecular complexity index is 5740. The molecule has 0 radical (unpaired) electrons. The molecule has 6 atom stereocenters. The lowest BCUT2D eigenvalue weighted by molar-refractivity contribution is -0.138. The molecule has 17 rings (SSSR count). The summed E-state index contributed by atoms with van der Waals surface area (Å²) >= 11 is 0. The Labute approximate surface area is 601 Å². The van der Waals surface area contributed by atoms with Gasteiger partial charge in [-0.25, -0.2) is 35.1 Å². The average molecular weight is 1460 g/mol. The van der Waals surface area contributed by atoms with E-state index in [0.29, 0.717) is 40.2 Å². The summed E-state index contributed by atoms with van der Waals surface area (Å²) in [6.45, 7) is 3.90. The second-order valence-electron chi connectivity index (χ2n) is 25.9. The van der Waals surface area contributed by atoms with Crippen molar-refractivity contribution in [2.75, 3.05) is 23.9 Å². The highest BCUT2D eigenvalue weighted by atomic mass is 32.2. The SMILES string of the molecule is Cc1cccc(Oc2ccc(S(=O)(=O)c3ccc(Oc4cccc(N5C(=O)C6C7C=CC(C8C(=O)N(C)C(=O)C78)C6C5=O)c4)cc3)cc2)c1.Cc1cccc(Oc2ccc(S(=O)(=O)c3ccc(Oc4cccc(N5C(=O)c6ccc(S(=O)(=O)c7ccc8c(c7)C(=O)N(C)C8=O)cc6C5=O)c4)cc3)cc2)c1. The molecule has 4 heterocycles. The lowest BCUT2D eigenvalue weighted by Crippen LogP contribution is -2.50. The minimum absolute atomic E-state index is 0.0122. The van der Waals surface area contributed by atoms with Gasteiger partial charge >= 0.3 is 0 Å². The highest BCUT2D eigenvalue weighted by Crippen LogP contribution is 2.58. The molecule has 2 saturated heterocycles. The number of likely N-dealkylation sites (tertiary alicyclic amines) is 1. The van der Waals surface area contributed by atoms with Crippen molar-refractivity contribution in [3.8, 4) is 46.0 Å². The standard InChI is InChI=1S/C42H28N2O10S2.C38H30N2O8S/c1-25-5-3-7-29(21-25)53-27-9-13-31(14-10-27)55(49,50)32-15-11-28(12-16-32)54-30-8-4-6-26(22-30)44-41(47)36-20-18-34(24-38(36)42(44)48)56(51,52)33-17-19-35-37(23-33)40(46)43(2)39(35)45;1-21-5-3-7-25(19-21)47-23-9-13-27(14-10-23)49(45,46)28-15-11-24(12-16-28)48-26-8-4-6-22(20-26)40-37(43)33-29-17-18-30(34(33)38(40)44)32-31(29)35(41)39(2)36(32)42/h3-24H,1-2H3;3-20,29-34H,1-2H3. The maximum Gasteiger partial charge on any atom is 0.266 e. The van der Waals surface area contributed by atoms with E-state index in [1.165, 1.54) is 123 Å². The van der Waals surface area contributed by atoms with Crippen molar-refractivity contribution in [3.63, 3.8) is 0 Å². The zero-order chi connectivity index (χ0) is 73.7. The lowest BCUT2D eigenvalue weighted by Gasteiger charge is -2.44. The molecule has 8 amide bonds. The van der Waals surface area contributed by atoms with E-state index in [9.17, 15) is 63.6 Å². The Morgan fingerprint density at radius 1 is 0.276 bits per heavy atom. The molecule has 3 fully saturated rings. The smallest absolute Gasteiger partial charge is 0.266 e. The number of carbonyl (C=O) groups excluding carboxylic acids is 8. The van der Waals surface area contributed by atoms with E-state index < -0.39 is 100 Å². The van der Waals surface area contributed by atoms with Crippen LogP contribution in [0.25, 0.3) is 0 Å². The van der Waals surface area contributed by atoms with E-state index >= 15 is 0 Å². The largest absolute Gasteiger partial charge is 0.457 e. The molecule has 4 aliphatic heterocycles. The number of hydrogen-bond acceptors (Lipinski definition) is 18. The molecule has 105 heavy (non-hydrogen) atoms. The molecule has 3 aliphatic carbocycles. The lowest BCUT2D eigenvalue weighted by atomic mass is 9.54. The van der Waals surface area contributed by atoms with Crippen LogP contribution in [0.15, 0.2) is 272 Å². The second-order valence-corrected chi connectivity index (χ2v) is 31.7. The summed E-state index contributed by atoms with van der Waals surface area (Å²) in [5.74, 6) is -4.31. The number of nitrogens with zero attached hydrogens (tertiary/aromatic N) is 4. The van der Waals surface area contributed by atoms with Crippen LogP contribution in [0.5, 0.6) is 46.0 Å². The Morgan fingerprint density at radius 2 is 0.571 bits per heavy atom. The molecular formula is C80H58N4O18S3. The normalized spacial score (nSPS) is 19.3. The van der Waals surface area contributed by atoms with Crippen molar-refractivity contribution < 1.29 is 82.6 Å². The van der Waals surface area contributed by atoms with Crippen LogP contribution in [-0.2, 0) is 48.7 Å². The molecule has 0 aromatic heterocycles. The fraction of sp³-hybridized carbons (Fsp3) is 0.125. The highest BCUT2D eigenvalue weighted by molar-refractivity contribution is 7.92. The van der Waals surface area contributed by atoms with Crippen LogP contribution in [0, 0.1) is 49.4 Å². The van der Waals surface area contributed by atoms with Crippen molar-refractivity contribution in [1.82, 2.24) is 9.80 Å². The molecule has 0 spiro atoms. The third-order valence-electron chi connectivity index (χ3n) is 19.4. The van der Waals surface area contributed by atoms with Crippen LogP contribution in [0.2, 0.25) is 0 Å². The number of anilines is 2. The third-order valence-corrected chi connectivity index (χ3v) is 24.7. The van der Waals surface area contributed by atoms with Crippen LogP contribution in [0.4, 0.5) is 11.4 Å². The molecule has 0 N–H and O–H groups in total. The Balaban J connectivity index is 0.000000170. The van der Waals surface area contributed by atoms with Gasteiger partial charge in [0.05, 0.1) is 86.7 Å². The van der Waals surface area contributed by atoms with Gasteiger partial charge in [-0.3, -0.25) is 48.2 Å². The van der Waals surface area contributed by atoms with Gasteiger partial charge in [0.25, 0.3) is 23.6 Å².